The molecular formula is C24H23N3O4S. The number of benzene rings is 3. The topological polar surface area (TPSA) is 101 Å². The maximum atomic E-state index is 12.5. The summed E-state index contributed by atoms with van der Waals surface area (Å²) in [5.41, 5.74) is 3.67. The van der Waals surface area contributed by atoms with E-state index in [4.69, 9.17) is 0 Å². The normalized spacial score (nSPS) is 11.5. The van der Waals surface area contributed by atoms with Gasteiger partial charge in [0.1, 0.15) is 0 Å². The molecule has 0 aliphatic carbocycles. The van der Waals surface area contributed by atoms with Crippen LogP contribution >= 0.6 is 11.8 Å². The fourth-order valence-electron chi connectivity index (χ4n) is 2.90. The Labute approximate surface area is 190 Å². The Morgan fingerprint density at radius 1 is 0.906 bits per heavy atom. The van der Waals surface area contributed by atoms with Crippen LogP contribution < -0.4 is 10.6 Å². The lowest BCUT2D eigenvalue weighted by atomic mass is 10.1. The third-order valence-electron chi connectivity index (χ3n) is 4.89. The predicted molar refractivity (Wildman–Crippen MR) is 127 cm³/mol. The van der Waals surface area contributed by atoms with Crippen molar-refractivity contribution in [2.75, 3.05) is 10.6 Å². The number of carbonyl (C=O) groups excluding carboxylic acids is 2. The number of carbonyl (C=O) groups is 2. The molecule has 3 aromatic carbocycles. The van der Waals surface area contributed by atoms with Crippen LogP contribution in [0.15, 0.2) is 71.6 Å². The minimum atomic E-state index is -0.542. The monoisotopic (exact) mass is 449 g/mol. The minimum absolute atomic E-state index is 0.0960. The molecule has 1 unspecified atom stereocenters. The summed E-state index contributed by atoms with van der Waals surface area (Å²) in [5, 5.41) is 16.2. The van der Waals surface area contributed by atoms with E-state index in [-0.39, 0.29) is 22.4 Å². The number of aryl methyl sites for hydroxylation is 2. The smallest absolute Gasteiger partial charge is 0.270 e. The standard InChI is InChI=1S/C24H23N3O4S/c1-15-7-8-20(13-16(15)2)26-23(28)17(3)32-22-11-9-19(10-12-22)25-24(29)18-5-4-6-21(14-18)27(30)31/h4-14,17H,1-3H3,(H,25,29)(H,26,28). The molecule has 2 N–H and O–H groups in total. The van der Waals surface area contributed by atoms with Gasteiger partial charge in [0.05, 0.1) is 10.2 Å². The number of anilines is 2. The molecule has 0 bridgehead atoms. The van der Waals surface area contributed by atoms with Gasteiger partial charge >= 0.3 is 0 Å². The molecule has 0 radical (unpaired) electrons. The molecule has 0 aliphatic heterocycles. The second kappa shape index (κ2) is 10.1. The lowest BCUT2D eigenvalue weighted by molar-refractivity contribution is -0.384. The first-order valence-corrected chi connectivity index (χ1v) is 10.8. The van der Waals surface area contributed by atoms with E-state index in [2.05, 4.69) is 10.6 Å². The molecule has 8 heteroatoms. The number of nitro benzene ring substituents is 1. The molecule has 0 saturated heterocycles. The molecule has 0 saturated carbocycles. The number of nitrogens with one attached hydrogen (secondary N) is 2. The van der Waals surface area contributed by atoms with Crippen molar-refractivity contribution in [1.82, 2.24) is 0 Å². The first kappa shape index (κ1) is 23.0. The Morgan fingerprint density at radius 3 is 2.25 bits per heavy atom. The molecule has 0 aromatic heterocycles. The number of nitro groups is 1. The summed E-state index contributed by atoms with van der Waals surface area (Å²) < 4.78 is 0. The highest BCUT2D eigenvalue weighted by Crippen LogP contribution is 2.26. The van der Waals surface area contributed by atoms with Crippen molar-refractivity contribution in [3.05, 3.63) is 93.5 Å². The Balaban J connectivity index is 1.58. The number of hydrogen-bond acceptors (Lipinski definition) is 5. The van der Waals surface area contributed by atoms with Crippen LogP contribution in [0.25, 0.3) is 0 Å². The van der Waals surface area contributed by atoms with Crippen LogP contribution in [0, 0.1) is 24.0 Å². The number of nitrogens with zero attached hydrogens (tertiary/aromatic N) is 1. The van der Waals surface area contributed by atoms with E-state index in [1.165, 1.54) is 41.6 Å². The van der Waals surface area contributed by atoms with E-state index in [0.717, 1.165) is 16.1 Å². The van der Waals surface area contributed by atoms with Gasteiger partial charge in [-0.05, 0) is 74.4 Å². The molecule has 0 heterocycles. The third-order valence-corrected chi connectivity index (χ3v) is 6.00. The molecule has 164 valence electrons. The van der Waals surface area contributed by atoms with Gasteiger partial charge in [-0.15, -0.1) is 11.8 Å². The van der Waals surface area contributed by atoms with Crippen LogP contribution in [0.4, 0.5) is 17.1 Å². The second-order valence-corrected chi connectivity index (χ2v) is 8.75. The summed E-state index contributed by atoms with van der Waals surface area (Å²) in [4.78, 5) is 36.1. The van der Waals surface area contributed by atoms with Gasteiger partial charge in [0, 0.05) is 34.0 Å². The molecule has 3 rings (SSSR count). The molecule has 0 spiro atoms. The van der Waals surface area contributed by atoms with E-state index in [1.807, 2.05) is 51.1 Å². The molecule has 0 fully saturated rings. The number of rotatable bonds is 7. The highest BCUT2D eigenvalue weighted by Gasteiger charge is 2.16. The van der Waals surface area contributed by atoms with Gasteiger partial charge in [-0.2, -0.15) is 0 Å². The average molecular weight is 450 g/mol. The average Bonchev–Trinajstić information content (AvgIpc) is 2.77. The molecular weight excluding hydrogens is 426 g/mol. The van der Waals surface area contributed by atoms with Gasteiger partial charge in [-0.3, -0.25) is 19.7 Å². The Kier molecular flexibility index (Phi) is 7.27. The van der Waals surface area contributed by atoms with Crippen molar-refractivity contribution >= 4 is 40.6 Å². The summed E-state index contributed by atoms with van der Waals surface area (Å²) in [6.45, 7) is 5.86. The van der Waals surface area contributed by atoms with Crippen molar-refractivity contribution in [3.8, 4) is 0 Å². The van der Waals surface area contributed by atoms with Crippen LogP contribution in [0.1, 0.15) is 28.4 Å². The zero-order valence-electron chi connectivity index (χ0n) is 17.9. The fourth-order valence-corrected chi connectivity index (χ4v) is 3.77. The van der Waals surface area contributed by atoms with Crippen LogP contribution in [0.5, 0.6) is 0 Å². The highest BCUT2D eigenvalue weighted by molar-refractivity contribution is 8.00. The van der Waals surface area contributed by atoms with Crippen LogP contribution in [-0.4, -0.2) is 22.0 Å². The summed E-state index contributed by atoms with van der Waals surface area (Å²) >= 11 is 1.41. The van der Waals surface area contributed by atoms with Crippen molar-refractivity contribution in [2.24, 2.45) is 0 Å². The van der Waals surface area contributed by atoms with Crippen molar-refractivity contribution in [3.63, 3.8) is 0 Å². The van der Waals surface area contributed by atoms with Crippen molar-refractivity contribution in [1.29, 1.82) is 0 Å². The SMILES string of the molecule is Cc1ccc(NC(=O)C(C)Sc2ccc(NC(=O)c3cccc([N+](=O)[O-])c3)cc2)cc1C. The summed E-state index contributed by atoms with van der Waals surface area (Å²) in [6.07, 6.45) is 0. The van der Waals surface area contributed by atoms with Gasteiger partial charge in [-0.25, -0.2) is 0 Å². The van der Waals surface area contributed by atoms with Gasteiger partial charge in [-0.1, -0.05) is 12.1 Å². The second-order valence-electron chi connectivity index (χ2n) is 7.33. The van der Waals surface area contributed by atoms with Crippen molar-refractivity contribution in [2.45, 2.75) is 30.9 Å². The Hall–Kier alpha value is -3.65. The molecule has 32 heavy (non-hydrogen) atoms. The zero-order chi connectivity index (χ0) is 23.3. The summed E-state index contributed by atoms with van der Waals surface area (Å²) in [6, 6.07) is 18.4. The number of amides is 2. The van der Waals surface area contributed by atoms with E-state index in [0.29, 0.717) is 5.69 Å². The van der Waals surface area contributed by atoms with Gasteiger partial charge in [0.2, 0.25) is 5.91 Å². The van der Waals surface area contributed by atoms with Crippen LogP contribution in [0.2, 0.25) is 0 Å². The number of thioether (sulfide) groups is 1. The quantitative estimate of drug-likeness (QED) is 0.278. The predicted octanol–water partition coefficient (Wildman–Crippen LogP) is 5.58. The van der Waals surface area contributed by atoms with Crippen LogP contribution in [0.3, 0.4) is 0 Å². The third kappa shape index (κ3) is 5.95. The van der Waals surface area contributed by atoms with Gasteiger partial charge in [0.25, 0.3) is 11.6 Å². The van der Waals surface area contributed by atoms with E-state index < -0.39 is 10.8 Å². The Morgan fingerprint density at radius 2 is 1.59 bits per heavy atom. The zero-order valence-corrected chi connectivity index (χ0v) is 18.7. The van der Waals surface area contributed by atoms with Gasteiger partial charge < -0.3 is 10.6 Å². The number of non-ortho nitro benzene ring substituents is 1. The lowest BCUT2D eigenvalue weighted by Crippen LogP contribution is -2.22. The van der Waals surface area contributed by atoms with Crippen molar-refractivity contribution < 1.29 is 14.5 Å². The maximum absolute atomic E-state index is 12.5. The first-order chi connectivity index (χ1) is 15.2. The van der Waals surface area contributed by atoms with E-state index >= 15 is 0 Å². The molecule has 2 amide bonds. The first-order valence-electron chi connectivity index (χ1n) is 9.93. The van der Waals surface area contributed by atoms with E-state index in [1.54, 1.807) is 12.1 Å². The minimum Gasteiger partial charge on any atom is -0.325 e. The largest absolute Gasteiger partial charge is 0.325 e. The van der Waals surface area contributed by atoms with Gasteiger partial charge in [0.15, 0.2) is 0 Å². The fraction of sp³-hybridized carbons (Fsp3) is 0.167. The Bertz CT molecular complexity index is 1160. The molecule has 1 atom stereocenters. The molecule has 0 aliphatic rings. The highest BCUT2D eigenvalue weighted by atomic mass is 32.2. The van der Waals surface area contributed by atoms with E-state index in [9.17, 15) is 19.7 Å². The molecule has 3 aromatic rings. The summed E-state index contributed by atoms with van der Waals surface area (Å²) in [7, 11) is 0. The maximum Gasteiger partial charge on any atom is 0.270 e. The molecule has 7 nitrogen and oxygen atoms in total. The van der Waals surface area contributed by atoms with Crippen LogP contribution in [-0.2, 0) is 4.79 Å². The number of hydrogen-bond donors (Lipinski definition) is 2. The lowest BCUT2D eigenvalue weighted by Gasteiger charge is -2.13. The summed E-state index contributed by atoms with van der Waals surface area (Å²) in [5.74, 6) is -0.531.